The lowest BCUT2D eigenvalue weighted by atomic mass is 9.85. The number of anilines is 1. The number of nitrogens with zero attached hydrogens (tertiary/aromatic N) is 2. The van der Waals surface area contributed by atoms with Gasteiger partial charge in [0.05, 0.1) is 19.4 Å². The number of carbonyl (C=O) groups excluding carboxylic acids is 2. The van der Waals surface area contributed by atoms with E-state index in [-0.39, 0.29) is 35.7 Å². The molecule has 1 aromatic heterocycles. The number of methoxy groups -OCH3 is 1. The lowest BCUT2D eigenvalue weighted by Gasteiger charge is -2.30. The minimum atomic E-state index is -1.81. The third kappa shape index (κ3) is 3.12. The zero-order valence-corrected chi connectivity index (χ0v) is 15.4. The monoisotopic (exact) mass is 391 g/mol. The van der Waals surface area contributed by atoms with Crippen molar-refractivity contribution in [2.45, 2.75) is 12.5 Å². The van der Waals surface area contributed by atoms with Crippen molar-refractivity contribution >= 4 is 17.6 Å². The summed E-state index contributed by atoms with van der Waals surface area (Å²) in [6.45, 7) is 1.16. The van der Waals surface area contributed by atoms with Gasteiger partial charge in [0.15, 0.2) is 0 Å². The van der Waals surface area contributed by atoms with E-state index in [1.165, 1.54) is 38.3 Å². The van der Waals surface area contributed by atoms with E-state index in [0.29, 0.717) is 0 Å². The van der Waals surface area contributed by atoms with Gasteiger partial charge >= 0.3 is 0 Å². The zero-order valence-electron chi connectivity index (χ0n) is 15.4. The van der Waals surface area contributed by atoms with Crippen molar-refractivity contribution in [2.75, 3.05) is 31.8 Å². The number of ether oxygens (including phenoxy) is 2. The minimum absolute atomic E-state index is 0.0145. The summed E-state index contributed by atoms with van der Waals surface area (Å²) in [7, 11) is 1.46. The molecule has 3 rings (SSSR count). The Morgan fingerprint density at radius 2 is 1.93 bits per heavy atom. The number of nitrogens with two attached hydrogens (primary N) is 1. The van der Waals surface area contributed by atoms with Crippen LogP contribution >= 0.6 is 0 Å². The Bertz CT molecular complexity index is 920. The number of hydrogen-bond donors (Lipinski definition) is 1. The molecule has 148 valence electrons. The molecule has 0 fully saturated rings. The Hall–Kier alpha value is -2.91. The molecule has 2 heterocycles. The topological polar surface area (TPSA) is 94.8 Å². The summed E-state index contributed by atoms with van der Waals surface area (Å²) in [6, 6.07) is 5.09. The summed E-state index contributed by atoms with van der Waals surface area (Å²) in [4.78, 5) is 30.1. The van der Waals surface area contributed by atoms with Crippen LogP contribution in [0.15, 0.2) is 30.5 Å². The smallest absolute Gasteiger partial charge is 0.270 e. The summed E-state index contributed by atoms with van der Waals surface area (Å²) in [5.41, 5.74) is 4.04. The van der Waals surface area contributed by atoms with Gasteiger partial charge in [-0.3, -0.25) is 14.5 Å². The first-order valence-corrected chi connectivity index (χ1v) is 8.47. The fraction of sp³-hybridized carbons (Fsp3) is 0.316. The van der Waals surface area contributed by atoms with E-state index in [2.05, 4.69) is 4.98 Å². The van der Waals surface area contributed by atoms with Crippen LogP contribution in [-0.4, -0.2) is 43.7 Å². The van der Waals surface area contributed by atoms with E-state index in [9.17, 15) is 18.4 Å². The third-order valence-corrected chi connectivity index (χ3v) is 4.58. The summed E-state index contributed by atoms with van der Waals surface area (Å²) >= 11 is 0. The van der Waals surface area contributed by atoms with Crippen molar-refractivity contribution in [2.24, 2.45) is 5.73 Å². The molecule has 0 saturated heterocycles. The number of carbonyl (C=O) groups is 2. The number of halogens is 2. The molecule has 1 aliphatic rings. The Kier molecular flexibility index (Phi) is 5.39. The maximum absolute atomic E-state index is 14.4. The quantitative estimate of drug-likeness (QED) is 0.720. The Morgan fingerprint density at radius 1 is 1.25 bits per heavy atom. The maximum atomic E-state index is 14.4. The van der Waals surface area contributed by atoms with E-state index in [4.69, 9.17) is 15.2 Å². The molecule has 2 amide bonds. The Balaban J connectivity index is 2.28. The molecule has 0 saturated carbocycles. The first kappa shape index (κ1) is 19.8. The predicted octanol–water partition coefficient (Wildman–Crippen LogP) is 1.41. The Morgan fingerprint density at radius 3 is 2.54 bits per heavy atom. The molecule has 9 heteroatoms. The standard InChI is InChI=1S/C19H19F2N3O4/c1-11-14(21)9-23-17-16(11)19(28-8-7-27-2,12-3-5-13(20)6-4-12)18(26)24(17)10-15(22)25/h3-6,9H,7-8,10H2,1-2H3,(H2,22,25)/t19-/m0/s1. The van der Waals surface area contributed by atoms with E-state index in [0.717, 1.165) is 11.1 Å². The third-order valence-electron chi connectivity index (χ3n) is 4.58. The second-order valence-corrected chi connectivity index (χ2v) is 6.32. The van der Waals surface area contributed by atoms with Crippen LogP contribution in [0.25, 0.3) is 0 Å². The second kappa shape index (κ2) is 7.61. The van der Waals surface area contributed by atoms with Gasteiger partial charge in [-0.25, -0.2) is 13.8 Å². The molecular formula is C19H19F2N3O4. The lowest BCUT2D eigenvalue weighted by molar-refractivity contribution is -0.140. The van der Waals surface area contributed by atoms with E-state index < -0.39 is 35.6 Å². The average Bonchev–Trinajstić information content (AvgIpc) is 2.89. The van der Waals surface area contributed by atoms with Crippen LogP contribution in [0.1, 0.15) is 16.7 Å². The van der Waals surface area contributed by atoms with Gasteiger partial charge in [0, 0.05) is 12.7 Å². The molecule has 7 nitrogen and oxygen atoms in total. The normalized spacial score (nSPS) is 18.4. The SMILES string of the molecule is COCCO[C@]1(c2ccc(F)cc2)C(=O)N(CC(N)=O)c2ncc(F)c(C)c21. The first-order chi connectivity index (χ1) is 13.3. The van der Waals surface area contributed by atoms with Gasteiger partial charge < -0.3 is 15.2 Å². The van der Waals surface area contributed by atoms with Crippen molar-refractivity contribution in [3.8, 4) is 0 Å². The van der Waals surface area contributed by atoms with Crippen LogP contribution in [0.2, 0.25) is 0 Å². The molecule has 2 N–H and O–H groups in total. The molecular weight excluding hydrogens is 372 g/mol. The highest BCUT2D eigenvalue weighted by atomic mass is 19.1. The maximum Gasteiger partial charge on any atom is 0.270 e. The molecule has 28 heavy (non-hydrogen) atoms. The van der Waals surface area contributed by atoms with Gasteiger partial charge in [0.1, 0.15) is 24.0 Å². The van der Waals surface area contributed by atoms with Crippen LogP contribution in [0, 0.1) is 18.6 Å². The summed E-state index contributed by atoms with van der Waals surface area (Å²) < 4.78 is 38.8. The van der Waals surface area contributed by atoms with Gasteiger partial charge in [-0.1, -0.05) is 12.1 Å². The number of aromatic nitrogens is 1. The summed E-state index contributed by atoms with van der Waals surface area (Å²) in [5.74, 6) is -2.51. The molecule has 0 unspecified atom stereocenters. The van der Waals surface area contributed by atoms with Gasteiger partial charge in [-0.05, 0) is 30.2 Å². The number of pyridine rings is 1. The number of fused-ring (bicyclic) bond motifs is 1. The number of amides is 2. The average molecular weight is 391 g/mol. The van der Waals surface area contributed by atoms with Crippen molar-refractivity contribution in [3.05, 3.63) is 58.8 Å². The van der Waals surface area contributed by atoms with E-state index >= 15 is 0 Å². The minimum Gasteiger partial charge on any atom is -0.382 e. The van der Waals surface area contributed by atoms with Crippen molar-refractivity contribution in [1.29, 1.82) is 0 Å². The molecule has 1 aromatic carbocycles. The van der Waals surface area contributed by atoms with Crippen LogP contribution in [0.3, 0.4) is 0 Å². The molecule has 1 aliphatic heterocycles. The van der Waals surface area contributed by atoms with E-state index in [1.807, 2.05) is 0 Å². The molecule has 1 atom stereocenters. The van der Waals surface area contributed by atoms with Gasteiger partial charge in [-0.15, -0.1) is 0 Å². The van der Waals surface area contributed by atoms with Gasteiger partial charge in [0.25, 0.3) is 5.91 Å². The van der Waals surface area contributed by atoms with Crippen molar-refractivity contribution < 1.29 is 27.8 Å². The summed E-state index contributed by atoms with van der Waals surface area (Å²) in [5, 5.41) is 0. The highest BCUT2D eigenvalue weighted by Crippen LogP contribution is 2.48. The predicted molar refractivity (Wildman–Crippen MR) is 95.5 cm³/mol. The number of primary amides is 1. The summed E-state index contributed by atoms with van der Waals surface area (Å²) in [6.07, 6.45) is 0.964. The zero-order chi connectivity index (χ0) is 20.5. The fourth-order valence-electron chi connectivity index (χ4n) is 3.34. The lowest BCUT2D eigenvalue weighted by Crippen LogP contribution is -2.46. The van der Waals surface area contributed by atoms with Crippen molar-refractivity contribution in [3.63, 3.8) is 0 Å². The Labute approximate surface area is 160 Å². The fourth-order valence-corrected chi connectivity index (χ4v) is 3.34. The number of hydrogen-bond acceptors (Lipinski definition) is 5. The van der Waals surface area contributed by atoms with Gasteiger partial charge in [-0.2, -0.15) is 0 Å². The van der Waals surface area contributed by atoms with E-state index in [1.54, 1.807) is 0 Å². The molecule has 0 bridgehead atoms. The highest BCUT2D eigenvalue weighted by molar-refractivity contribution is 6.11. The number of rotatable bonds is 7. The van der Waals surface area contributed by atoms with Crippen LogP contribution < -0.4 is 10.6 Å². The molecule has 0 spiro atoms. The van der Waals surface area contributed by atoms with Crippen molar-refractivity contribution in [1.82, 2.24) is 4.98 Å². The number of benzene rings is 1. The largest absolute Gasteiger partial charge is 0.382 e. The molecule has 0 aliphatic carbocycles. The molecule has 0 radical (unpaired) electrons. The highest BCUT2D eigenvalue weighted by Gasteiger charge is 2.56. The van der Waals surface area contributed by atoms with Crippen LogP contribution in [0.4, 0.5) is 14.6 Å². The van der Waals surface area contributed by atoms with Gasteiger partial charge in [0.2, 0.25) is 11.5 Å². The van der Waals surface area contributed by atoms with Crippen LogP contribution in [0.5, 0.6) is 0 Å². The first-order valence-electron chi connectivity index (χ1n) is 8.47. The second-order valence-electron chi connectivity index (χ2n) is 6.32. The molecule has 2 aromatic rings. The van der Waals surface area contributed by atoms with Crippen LogP contribution in [-0.2, 0) is 24.7 Å².